The molecule has 0 spiro atoms. The van der Waals surface area contributed by atoms with Crippen molar-refractivity contribution in [1.29, 1.82) is 0 Å². The van der Waals surface area contributed by atoms with Crippen LogP contribution in [0.4, 0.5) is 5.69 Å². The maximum absolute atomic E-state index is 14.0. The number of aryl methyl sites for hydroxylation is 1. The fraction of sp³-hybridized carbons (Fsp3) is 0.400. The molecule has 14 heteroatoms. The minimum Gasteiger partial charge on any atom is -0.388 e. The average molecular weight is 755 g/mol. The van der Waals surface area contributed by atoms with Crippen molar-refractivity contribution < 1.29 is 19.5 Å². The van der Waals surface area contributed by atoms with Crippen molar-refractivity contribution in [2.24, 2.45) is 5.92 Å². The van der Waals surface area contributed by atoms with Gasteiger partial charge >= 0.3 is 0 Å². The minimum absolute atomic E-state index is 0.0103. The van der Waals surface area contributed by atoms with Gasteiger partial charge < -0.3 is 25.5 Å². The number of nitrogens with one attached hydrogen (secondary N) is 2. The van der Waals surface area contributed by atoms with Crippen LogP contribution in [0.1, 0.15) is 53.7 Å². The topological polar surface area (TPSA) is 154 Å². The number of carbonyl (C=O) groups excluding carboxylic acids is 3. The summed E-state index contributed by atoms with van der Waals surface area (Å²) in [6, 6.07) is 18.3. The number of aliphatic hydroxyl groups is 1. The highest BCUT2D eigenvalue weighted by Gasteiger charge is 2.36. The lowest BCUT2D eigenvalue weighted by atomic mass is 9.88. The minimum atomic E-state index is -1.20. The van der Waals surface area contributed by atoms with Gasteiger partial charge in [-0.3, -0.25) is 28.1 Å². The fourth-order valence-electron chi connectivity index (χ4n) is 6.93. The third-order valence-electron chi connectivity index (χ3n) is 9.97. The van der Waals surface area contributed by atoms with Gasteiger partial charge in [-0.05, 0) is 89.0 Å². The molecule has 1 aliphatic heterocycles. The first-order valence-corrected chi connectivity index (χ1v) is 18.7. The van der Waals surface area contributed by atoms with Crippen LogP contribution in [0.25, 0.3) is 16.6 Å². The van der Waals surface area contributed by atoms with E-state index in [2.05, 4.69) is 20.6 Å². The van der Waals surface area contributed by atoms with Crippen LogP contribution in [0.5, 0.6) is 0 Å². The number of amides is 3. The Bertz CT molecular complexity index is 2190. The highest BCUT2D eigenvalue weighted by Crippen LogP contribution is 2.27. The summed E-state index contributed by atoms with van der Waals surface area (Å²) in [6.07, 6.45) is 5.77. The highest BCUT2D eigenvalue weighted by molar-refractivity contribution is 6.29. The number of carbonyl (C=O) groups is 3. The number of piperidine rings is 1. The van der Waals surface area contributed by atoms with Crippen LogP contribution in [0, 0.1) is 12.8 Å². The number of aromatic nitrogens is 4. The Kier molecular flexibility index (Phi) is 12.1. The molecule has 6 rings (SSSR count). The predicted octanol–water partition coefficient (Wildman–Crippen LogP) is 4.32. The number of halogens is 1. The first kappa shape index (κ1) is 38.6. The van der Waals surface area contributed by atoms with Crippen molar-refractivity contribution in [3.63, 3.8) is 0 Å². The summed E-state index contributed by atoms with van der Waals surface area (Å²) in [5.74, 6) is -0.661. The fourth-order valence-corrected chi connectivity index (χ4v) is 7.22. The molecule has 1 fully saturated rings. The number of benzene rings is 2. The molecule has 0 radical (unpaired) electrons. The van der Waals surface area contributed by atoms with Gasteiger partial charge in [-0.25, -0.2) is 9.97 Å². The average Bonchev–Trinajstić information content (AvgIpc) is 3.58. The lowest BCUT2D eigenvalue weighted by molar-refractivity contribution is -0.140. The van der Waals surface area contributed by atoms with E-state index in [9.17, 15) is 24.3 Å². The number of hydrogen-bond acceptors (Lipinski definition) is 8. The van der Waals surface area contributed by atoms with E-state index in [0.29, 0.717) is 97.7 Å². The van der Waals surface area contributed by atoms with Crippen LogP contribution in [-0.4, -0.2) is 97.4 Å². The number of likely N-dealkylation sites (tertiary alicyclic amines) is 1. The predicted molar refractivity (Wildman–Crippen MR) is 209 cm³/mol. The third kappa shape index (κ3) is 9.51. The molecular weight excluding hydrogens is 708 g/mol. The van der Waals surface area contributed by atoms with Crippen molar-refractivity contribution in [2.45, 2.75) is 57.6 Å². The number of hydrogen-bond donors (Lipinski definition) is 3. The van der Waals surface area contributed by atoms with E-state index >= 15 is 0 Å². The molecule has 13 nitrogen and oxygen atoms in total. The Morgan fingerprint density at radius 1 is 1.06 bits per heavy atom. The zero-order valence-electron chi connectivity index (χ0n) is 30.9. The highest BCUT2D eigenvalue weighted by atomic mass is 35.5. The summed E-state index contributed by atoms with van der Waals surface area (Å²) in [6.45, 7) is 3.61. The maximum Gasteiger partial charge on any atom is 0.261 e. The van der Waals surface area contributed by atoms with Crippen LogP contribution in [0.3, 0.4) is 0 Å². The molecule has 3 aromatic heterocycles. The van der Waals surface area contributed by atoms with E-state index in [0.717, 1.165) is 11.3 Å². The van der Waals surface area contributed by atoms with Gasteiger partial charge in [0.05, 0.1) is 34.9 Å². The van der Waals surface area contributed by atoms with E-state index in [4.69, 9.17) is 11.6 Å². The second kappa shape index (κ2) is 16.9. The van der Waals surface area contributed by atoms with Gasteiger partial charge in [0.25, 0.3) is 11.5 Å². The Morgan fingerprint density at radius 3 is 2.56 bits per heavy atom. The van der Waals surface area contributed by atoms with Crippen LogP contribution in [0.2, 0.25) is 5.15 Å². The molecule has 4 heterocycles. The van der Waals surface area contributed by atoms with Gasteiger partial charge in [-0.2, -0.15) is 0 Å². The van der Waals surface area contributed by atoms with Crippen molar-refractivity contribution in [2.75, 3.05) is 45.6 Å². The summed E-state index contributed by atoms with van der Waals surface area (Å²) < 4.78 is 3.09. The van der Waals surface area contributed by atoms with E-state index < -0.39 is 5.60 Å². The summed E-state index contributed by atoms with van der Waals surface area (Å²) in [5.41, 5.74) is 2.40. The number of nitrogens with zero attached hydrogens (tertiary/aromatic N) is 6. The van der Waals surface area contributed by atoms with E-state index in [1.807, 2.05) is 61.2 Å². The molecule has 54 heavy (non-hydrogen) atoms. The van der Waals surface area contributed by atoms with E-state index in [1.54, 1.807) is 40.9 Å². The van der Waals surface area contributed by atoms with Crippen molar-refractivity contribution in [3.05, 3.63) is 106 Å². The SMILES string of the molecule is Cc1cc(Cl)n2cc(C(=O)NCCCC(Cc3ccccc3)C(=O)N3CCC(O)(Cn4cnc5cc(NC(=O)CCN(C)C)ccc5c4=O)CC3)cc2n1. The van der Waals surface area contributed by atoms with Gasteiger partial charge in [-0.1, -0.05) is 41.9 Å². The first-order chi connectivity index (χ1) is 25.9. The molecule has 1 aliphatic rings. The van der Waals surface area contributed by atoms with Crippen LogP contribution >= 0.6 is 11.6 Å². The lowest BCUT2D eigenvalue weighted by Crippen LogP contribution is -2.51. The zero-order chi connectivity index (χ0) is 38.4. The molecule has 0 aliphatic carbocycles. The Morgan fingerprint density at radius 2 is 1.81 bits per heavy atom. The summed E-state index contributed by atoms with van der Waals surface area (Å²) in [4.78, 5) is 65.3. The molecule has 5 aromatic rings. The number of anilines is 1. The summed E-state index contributed by atoms with van der Waals surface area (Å²) >= 11 is 6.32. The Labute approximate surface area is 319 Å². The van der Waals surface area contributed by atoms with E-state index in [1.165, 1.54) is 10.9 Å². The van der Waals surface area contributed by atoms with Crippen LogP contribution in [-0.2, 0) is 22.6 Å². The maximum atomic E-state index is 14.0. The van der Waals surface area contributed by atoms with Crippen molar-refractivity contribution in [1.82, 2.24) is 34.1 Å². The monoisotopic (exact) mass is 754 g/mol. The third-order valence-corrected chi connectivity index (χ3v) is 10.3. The number of rotatable bonds is 14. The first-order valence-electron chi connectivity index (χ1n) is 18.3. The van der Waals surface area contributed by atoms with Gasteiger partial charge in [-0.15, -0.1) is 0 Å². The smallest absolute Gasteiger partial charge is 0.261 e. The second-order valence-electron chi connectivity index (χ2n) is 14.5. The van der Waals surface area contributed by atoms with Gasteiger partial charge in [0.1, 0.15) is 10.8 Å². The molecule has 3 N–H and O–H groups in total. The summed E-state index contributed by atoms with van der Waals surface area (Å²) in [5, 5.41) is 18.3. The standard InChI is InChI=1S/C40H47ClN8O5/c1-27-20-34(41)49-24-30(22-35(49)44-27)37(51)42-16-7-10-29(21-28-8-5-4-6-9-28)38(52)47-18-14-40(54,15-19-47)25-48-26-43-33-23-31(11-12-32(33)39(48)53)45-36(50)13-17-46(2)3/h4-6,8-9,11-12,20,22-24,26,29,54H,7,10,13-19,21,25H2,1-3H3,(H,42,51)(H,45,50). The van der Waals surface area contributed by atoms with Gasteiger partial charge in [0, 0.05) is 56.1 Å². The zero-order valence-corrected chi connectivity index (χ0v) is 31.7. The molecule has 2 aromatic carbocycles. The molecule has 284 valence electrons. The van der Waals surface area contributed by atoms with Crippen molar-refractivity contribution in [3.8, 4) is 0 Å². The van der Waals surface area contributed by atoms with Crippen molar-refractivity contribution >= 4 is 51.6 Å². The largest absolute Gasteiger partial charge is 0.388 e. The van der Waals surface area contributed by atoms with Crippen LogP contribution < -0.4 is 16.2 Å². The molecule has 0 saturated carbocycles. The normalized spacial score (nSPS) is 14.7. The molecule has 0 bridgehead atoms. The summed E-state index contributed by atoms with van der Waals surface area (Å²) in [7, 11) is 3.80. The lowest BCUT2D eigenvalue weighted by Gasteiger charge is -2.39. The quantitative estimate of drug-likeness (QED) is 0.112. The molecule has 1 atom stereocenters. The molecule has 3 amide bonds. The van der Waals surface area contributed by atoms with Crippen LogP contribution in [0.15, 0.2) is 78.0 Å². The van der Waals surface area contributed by atoms with Gasteiger partial charge in [0.2, 0.25) is 11.8 Å². The molecule has 1 saturated heterocycles. The Balaban J connectivity index is 1.05. The van der Waals surface area contributed by atoms with E-state index in [-0.39, 0.29) is 35.7 Å². The second-order valence-corrected chi connectivity index (χ2v) is 14.9. The molecule has 1 unspecified atom stereocenters. The molecular formula is C40H47ClN8O5. The van der Waals surface area contributed by atoms with Gasteiger partial charge in [0.15, 0.2) is 0 Å². The Hall–Kier alpha value is -5.11. The number of fused-ring (bicyclic) bond motifs is 2.